The smallest absolute Gasteiger partial charge is 0.243 e. The number of hydrogen-bond donors (Lipinski definition) is 1. The zero-order valence-electron chi connectivity index (χ0n) is 13.6. The van der Waals surface area contributed by atoms with Crippen LogP contribution in [0.5, 0.6) is 5.75 Å². The van der Waals surface area contributed by atoms with Gasteiger partial charge in [-0.3, -0.25) is 19.8 Å². The molecule has 6 nitrogen and oxygen atoms in total. The van der Waals surface area contributed by atoms with Crippen LogP contribution in [0, 0.1) is 0 Å². The number of amides is 2. The first kappa shape index (κ1) is 15.6. The number of nitrogens with zero attached hydrogens (tertiary/aromatic N) is 1. The molecular formula is C18H22N2O4. The summed E-state index contributed by atoms with van der Waals surface area (Å²) in [6, 6.07) is 7.74. The molecule has 1 aromatic rings. The lowest BCUT2D eigenvalue weighted by atomic mass is 9.92. The van der Waals surface area contributed by atoms with Gasteiger partial charge in [0.2, 0.25) is 11.8 Å². The number of hydrogen-bond acceptors (Lipinski definition) is 5. The van der Waals surface area contributed by atoms with Crippen molar-refractivity contribution in [2.24, 2.45) is 0 Å². The van der Waals surface area contributed by atoms with Gasteiger partial charge < -0.3 is 9.47 Å². The Bertz CT molecular complexity index is 654. The lowest BCUT2D eigenvalue weighted by molar-refractivity contribution is -0.139. The summed E-state index contributed by atoms with van der Waals surface area (Å²) in [5.74, 6) is 0.533. The van der Waals surface area contributed by atoms with Gasteiger partial charge in [0.15, 0.2) is 0 Å². The maximum atomic E-state index is 12.4. The van der Waals surface area contributed by atoms with E-state index in [1.165, 1.54) is 0 Å². The lowest BCUT2D eigenvalue weighted by Gasteiger charge is -2.41. The van der Waals surface area contributed by atoms with E-state index >= 15 is 0 Å². The SMILES string of the molecule is O=C1CCC(N2Cc3ccccc3OC3(CCOCC3)C2)C(=O)N1. The number of fused-ring (bicyclic) bond motifs is 1. The Morgan fingerprint density at radius 3 is 2.75 bits per heavy atom. The minimum atomic E-state index is -0.327. The van der Waals surface area contributed by atoms with Crippen molar-refractivity contribution in [3.63, 3.8) is 0 Å². The standard InChI is InChI=1S/C18H22N2O4/c21-16-6-5-14(17(22)19-16)20-11-13-3-1-2-4-15(13)24-18(12-20)7-9-23-10-8-18/h1-4,14H,5-12H2,(H,19,21,22). The first-order valence-electron chi connectivity index (χ1n) is 8.58. The molecule has 2 amide bonds. The molecule has 1 aromatic carbocycles. The molecule has 2 fully saturated rings. The summed E-state index contributed by atoms with van der Waals surface area (Å²) in [7, 11) is 0. The van der Waals surface area contributed by atoms with E-state index < -0.39 is 0 Å². The maximum absolute atomic E-state index is 12.4. The number of piperidine rings is 1. The number of para-hydroxylation sites is 1. The second kappa shape index (κ2) is 6.18. The van der Waals surface area contributed by atoms with Gasteiger partial charge in [-0.25, -0.2) is 0 Å². The van der Waals surface area contributed by atoms with E-state index in [-0.39, 0.29) is 23.5 Å². The molecule has 24 heavy (non-hydrogen) atoms. The number of nitrogens with one attached hydrogen (secondary N) is 1. The number of carbonyl (C=O) groups excluding carboxylic acids is 2. The van der Waals surface area contributed by atoms with Gasteiger partial charge in [-0.2, -0.15) is 0 Å². The van der Waals surface area contributed by atoms with Gasteiger partial charge >= 0.3 is 0 Å². The number of imide groups is 1. The summed E-state index contributed by atoms with van der Waals surface area (Å²) >= 11 is 0. The topological polar surface area (TPSA) is 67.9 Å². The van der Waals surface area contributed by atoms with Crippen LogP contribution in [-0.4, -0.2) is 48.1 Å². The average Bonchev–Trinajstić information content (AvgIpc) is 2.72. The molecule has 1 N–H and O–H groups in total. The Balaban J connectivity index is 1.66. The predicted molar refractivity (Wildman–Crippen MR) is 86.4 cm³/mol. The first-order valence-corrected chi connectivity index (χ1v) is 8.58. The highest BCUT2D eigenvalue weighted by Crippen LogP contribution is 2.36. The third kappa shape index (κ3) is 2.91. The van der Waals surface area contributed by atoms with E-state index in [1.807, 2.05) is 24.3 Å². The minimum Gasteiger partial charge on any atom is -0.485 e. The second-order valence-corrected chi connectivity index (χ2v) is 6.88. The number of rotatable bonds is 1. The van der Waals surface area contributed by atoms with Gasteiger partial charge in [-0.05, 0) is 12.5 Å². The summed E-state index contributed by atoms with van der Waals surface area (Å²) in [6.07, 6.45) is 2.58. The molecule has 0 aliphatic carbocycles. The van der Waals surface area contributed by atoms with Crippen LogP contribution in [0.1, 0.15) is 31.2 Å². The fourth-order valence-electron chi connectivity index (χ4n) is 3.90. The van der Waals surface area contributed by atoms with E-state index in [0.29, 0.717) is 39.1 Å². The van der Waals surface area contributed by atoms with E-state index in [0.717, 1.165) is 24.2 Å². The molecule has 0 bridgehead atoms. The summed E-state index contributed by atoms with van der Waals surface area (Å²) in [4.78, 5) is 26.0. The normalized spacial score (nSPS) is 27.1. The molecule has 1 spiro atoms. The van der Waals surface area contributed by atoms with Crippen LogP contribution in [-0.2, 0) is 20.9 Å². The Hall–Kier alpha value is -1.92. The summed E-state index contributed by atoms with van der Waals surface area (Å²) < 4.78 is 12.0. The molecule has 0 saturated carbocycles. The quantitative estimate of drug-likeness (QED) is 0.785. The Kier molecular flexibility index (Phi) is 4.02. The van der Waals surface area contributed by atoms with Crippen molar-refractivity contribution >= 4 is 11.8 Å². The second-order valence-electron chi connectivity index (χ2n) is 6.88. The van der Waals surface area contributed by atoms with Crippen molar-refractivity contribution in [1.29, 1.82) is 0 Å². The highest BCUT2D eigenvalue weighted by molar-refractivity contribution is 6.00. The van der Waals surface area contributed by atoms with Crippen LogP contribution < -0.4 is 10.1 Å². The zero-order valence-corrected chi connectivity index (χ0v) is 13.6. The largest absolute Gasteiger partial charge is 0.485 e. The molecule has 3 heterocycles. The highest BCUT2D eigenvalue weighted by atomic mass is 16.5. The summed E-state index contributed by atoms with van der Waals surface area (Å²) in [6.45, 7) is 2.68. The first-order chi connectivity index (χ1) is 11.7. The van der Waals surface area contributed by atoms with E-state index in [4.69, 9.17) is 9.47 Å². The summed E-state index contributed by atoms with van der Waals surface area (Å²) in [5, 5.41) is 2.48. The van der Waals surface area contributed by atoms with Gasteiger partial charge in [-0.1, -0.05) is 18.2 Å². The van der Waals surface area contributed by atoms with E-state index in [1.54, 1.807) is 0 Å². The zero-order chi connectivity index (χ0) is 16.6. The van der Waals surface area contributed by atoms with Crippen LogP contribution in [0.2, 0.25) is 0 Å². The van der Waals surface area contributed by atoms with Crippen LogP contribution >= 0.6 is 0 Å². The Labute approximate surface area is 141 Å². The van der Waals surface area contributed by atoms with Gasteiger partial charge in [-0.15, -0.1) is 0 Å². The van der Waals surface area contributed by atoms with Crippen LogP contribution in [0.25, 0.3) is 0 Å². The predicted octanol–water partition coefficient (Wildman–Crippen LogP) is 1.24. The molecule has 2 saturated heterocycles. The molecule has 3 aliphatic rings. The fraction of sp³-hybridized carbons (Fsp3) is 0.556. The molecule has 0 aromatic heterocycles. The highest BCUT2D eigenvalue weighted by Gasteiger charge is 2.43. The monoisotopic (exact) mass is 330 g/mol. The van der Waals surface area contributed by atoms with Crippen LogP contribution in [0.3, 0.4) is 0 Å². The molecule has 1 atom stereocenters. The van der Waals surface area contributed by atoms with Crippen molar-refractivity contribution in [2.75, 3.05) is 19.8 Å². The Morgan fingerprint density at radius 1 is 1.17 bits per heavy atom. The van der Waals surface area contributed by atoms with Gasteiger partial charge in [0, 0.05) is 37.9 Å². The molecule has 128 valence electrons. The fourth-order valence-corrected chi connectivity index (χ4v) is 3.90. The van der Waals surface area contributed by atoms with Crippen LogP contribution in [0.15, 0.2) is 24.3 Å². The van der Waals surface area contributed by atoms with Crippen molar-refractivity contribution in [3.05, 3.63) is 29.8 Å². The third-order valence-electron chi connectivity index (χ3n) is 5.22. The molecule has 6 heteroatoms. The molecule has 1 unspecified atom stereocenters. The molecule has 3 aliphatic heterocycles. The van der Waals surface area contributed by atoms with Gasteiger partial charge in [0.25, 0.3) is 0 Å². The number of carbonyl (C=O) groups is 2. The Morgan fingerprint density at radius 2 is 1.96 bits per heavy atom. The van der Waals surface area contributed by atoms with Gasteiger partial charge in [0.1, 0.15) is 11.4 Å². The van der Waals surface area contributed by atoms with E-state index in [2.05, 4.69) is 10.2 Å². The summed E-state index contributed by atoms with van der Waals surface area (Å²) in [5.41, 5.74) is 0.762. The maximum Gasteiger partial charge on any atom is 0.243 e. The van der Waals surface area contributed by atoms with E-state index in [9.17, 15) is 9.59 Å². The number of ether oxygens (including phenoxy) is 2. The average molecular weight is 330 g/mol. The molecule has 4 rings (SSSR count). The lowest BCUT2D eigenvalue weighted by Crippen LogP contribution is -2.57. The molecular weight excluding hydrogens is 308 g/mol. The van der Waals surface area contributed by atoms with Crippen molar-refractivity contribution < 1.29 is 19.1 Å². The van der Waals surface area contributed by atoms with Crippen molar-refractivity contribution in [3.8, 4) is 5.75 Å². The third-order valence-corrected chi connectivity index (χ3v) is 5.22. The molecule has 0 radical (unpaired) electrons. The van der Waals surface area contributed by atoms with Crippen LogP contribution in [0.4, 0.5) is 0 Å². The minimum absolute atomic E-state index is 0.177. The van der Waals surface area contributed by atoms with Crippen molar-refractivity contribution in [2.45, 2.75) is 43.9 Å². The van der Waals surface area contributed by atoms with Gasteiger partial charge in [0.05, 0.1) is 19.3 Å². The number of benzene rings is 1. The van der Waals surface area contributed by atoms with Crippen molar-refractivity contribution in [1.82, 2.24) is 10.2 Å².